The van der Waals surface area contributed by atoms with E-state index in [-0.39, 0.29) is 12.5 Å². The Labute approximate surface area is 211 Å². The number of hydroxylamine groups is 1. The van der Waals surface area contributed by atoms with Crippen LogP contribution in [0.1, 0.15) is 25.8 Å². The predicted molar refractivity (Wildman–Crippen MR) is 137 cm³/mol. The first-order chi connectivity index (χ1) is 16.8. The Morgan fingerprint density at radius 2 is 1.83 bits per heavy atom. The van der Waals surface area contributed by atoms with Crippen molar-refractivity contribution >= 4 is 35.3 Å². The Kier molecular flexibility index (Phi) is 9.56. The number of carbonyl (C=O) groups excluding carboxylic acids is 3. The Hall–Kier alpha value is -3.04. The van der Waals surface area contributed by atoms with Gasteiger partial charge in [0.2, 0.25) is 11.8 Å². The summed E-state index contributed by atoms with van der Waals surface area (Å²) in [6, 6.07) is 16.2. The number of thioether (sulfide) groups is 1. The molecule has 0 saturated heterocycles. The highest BCUT2D eigenvalue weighted by Gasteiger charge is 2.33. The first-order valence-corrected chi connectivity index (χ1v) is 12.8. The second-order valence-electron chi connectivity index (χ2n) is 9.16. The van der Waals surface area contributed by atoms with Crippen molar-refractivity contribution in [2.45, 2.75) is 37.6 Å². The van der Waals surface area contributed by atoms with Crippen molar-refractivity contribution in [2.75, 3.05) is 30.8 Å². The van der Waals surface area contributed by atoms with Crippen LogP contribution < -0.4 is 15.7 Å². The highest BCUT2D eigenvalue weighted by atomic mass is 32.2. The molecular weight excluding hydrogens is 464 g/mol. The number of nitrogens with zero attached hydrogens (tertiary/aromatic N) is 2. The van der Waals surface area contributed by atoms with Crippen LogP contribution >= 0.6 is 11.8 Å². The largest absolute Gasteiger partial charge is 0.326 e. The smallest absolute Gasteiger partial charge is 0.318 e. The van der Waals surface area contributed by atoms with Crippen LogP contribution in [0.3, 0.4) is 0 Å². The highest BCUT2D eigenvalue weighted by molar-refractivity contribution is 7.99. The molecule has 0 saturated carbocycles. The van der Waals surface area contributed by atoms with E-state index < -0.39 is 23.9 Å². The molecule has 2 atom stereocenters. The van der Waals surface area contributed by atoms with Gasteiger partial charge in [-0.15, -0.1) is 11.8 Å². The number of benzene rings is 2. The second-order valence-corrected chi connectivity index (χ2v) is 10.3. The van der Waals surface area contributed by atoms with Crippen molar-refractivity contribution in [3.8, 4) is 0 Å². The van der Waals surface area contributed by atoms with Crippen LogP contribution in [0.2, 0.25) is 0 Å². The molecule has 2 aromatic carbocycles. The summed E-state index contributed by atoms with van der Waals surface area (Å²) in [5.41, 5.74) is 3.58. The van der Waals surface area contributed by atoms with Crippen LogP contribution in [0.15, 0.2) is 59.5 Å². The fourth-order valence-corrected chi connectivity index (χ4v) is 5.00. The summed E-state index contributed by atoms with van der Waals surface area (Å²) in [5, 5.41) is 12.2. The SMILES string of the molecule is CC(C)CCN(CC(CSc1ccccc1)C(=O)NO)C(=O)N[C@H]1Cc2ccccc2N(C)C1=O. The molecule has 0 aromatic heterocycles. The highest BCUT2D eigenvalue weighted by Crippen LogP contribution is 2.27. The summed E-state index contributed by atoms with van der Waals surface area (Å²) in [4.78, 5) is 42.9. The van der Waals surface area contributed by atoms with Gasteiger partial charge in [0.05, 0.1) is 5.92 Å². The quantitative estimate of drug-likeness (QED) is 0.264. The van der Waals surface area contributed by atoms with Crippen molar-refractivity contribution in [1.82, 2.24) is 15.7 Å². The number of nitrogens with one attached hydrogen (secondary N) is 2. The number of amides is 4. The van der Waals surface area contributed by atoms with Crippen LogP contribution in [-0.2, 0) is 16.0 Å². The molecule has 4 amide bonds. The lowest BCUT2D eigenvalue weighted by Gasteiger charge is -2.34. The minimum Gasteiger partial charge on any atom is -0.326 e. The van der Waals surface area contributed by atoms with Gasteiger partial charge in [0.25, 0.3) is 0 Å². The predicted octanol–water partition coefficient (Wildman–Crippen LogP) is 3.55. The number of hydrogen-bond acceptors (Lipinski definition) is 5. The summed E-state index contributed by atoms with van der Waals surface area (Å²) < 4.78 is 0. The maximum Gasteiger partial charge on any atom is 0.318 e. The molecule has 1 unspecified atom stereocenters. The lowest BCUT2D eigenvalue weighted by molar-refractivity contribution is -0.133. The summed E-state index contributed by atoms with van der Waals surface area (Å²) in [7, 11) is 1.71. The molecule has 1 aliphatic rings. The molecule has 0 radical (unpaired) electrons. The molecule has 0 spiro atoms. The topological polar surface area (TPSA) is 102 Å². The average molecular weight is 499 g/mol. The van der Waals surface area contributed by atoms with Gasteiger partial charge in [-0.2, -0.15) is 0 Å². The van der Waals surface area contributed by atoms with Gasteiger partial charge in [-0.25, -0.2) is 10.3 Å². The van der Waals surface area contributed by atoms with E-state index in [1.807, 2.05) is 54.6 Å². The molecule has 1 heterocycles. The van der Waals surface area contributed by atoms with Crippen molar-refractivity contribution < 1.29 is 19.6 Å². The van der Waals surface area contributed by atoms with E-state index in [9.17, 15) is 19.6 Å². The molecular formula is C26H34N4O4S. The molecule has 35 heavy (non-hydrogen) atoms. The first kappa shape index (κ1) is 26.6. The minimum absolute atomic E-state index is 0.123. The van der Waals surface area contributed by atoms with E-state index in [1.165, 1.54) is 11.8 Å². The van der Waals surface area contributed by atoms with Gasteiger partial charge in [0.1, 0.15) is 6.04 Å². The maximum absolute atomic E-state index is 13.4. The molecule has 8 nitrogen and oxygen atoms in total. The fraction of sp³-hybridized carbons (Fsp3) is 0.423. The number of carbonyl (C=O) groups is 3. The molecule has 9 heteroatoms. The van der Waals surface area contributed by atoms with Crippen molar-refractivity contribution in [2.24, 2.45) is 11.8 Å². The number of rotatable bonds is 10. The summed E-state index contributed by atoms with van der Waals surface area (Å²) >= 11 is 1.49. The van der Waals surface area contributed by atoms with Crippen LogP contribution in [-0.4, -0.2) is 59.9 Å². The van der Waals surface area contributed by atoms with E-state index in [4.69, 9.17) is 0 Å². The molecule has 2 aromatic rings. The molecule has 0 fully saturated rings. The number of urea groups is 1. The summed E-state index contributed by atoms with van der Waals surface area (Å²) in [5.74, 6) is -0.610. The molecule has 3 rings (SSSR count). The third-order valence-corrected chi connectivity index (χ3v) is 7.26. The van der Waals surface area contributed by atoms with Gasteiger partial charge < -0.3 is 15.1 Å². The van der Waals surface area contributed by atoms with Gasteiger partial charge in [0.15, 0.2) is 0 Å². The van der Waals surface area contributed by atoms with E-state index in [1.54, 1.807) is 22.3 Å². The zero-order valence-electron chi connectivity index (χ0n) is 20.4. The molecule has 188 valence electrons. The number of likely N-dealkylation sites (N-methyl/N-ethyl adjacent to an activating group) is 1. The van der Waals surface area contributed by atoms with Crippen LogP contribution in [0.4, 0.5) is 10.5 Å². The molecule has 1 aliphatic heterocycles. The molecule has 0 bridgehead atoms. The minimum atomic E-state index is -0.687. The zero-order valence-corrected chi connectivity index (χ0v) is 21.3. The average Bonchev–Trinajstić information content (AvgIpc) is 2.86. The standard InChI is InChI=1S/C26H34N4O4S/c1-18(2)13-14-30(16-20(24(31)28-34)17-35-21-10-5-4-6-11-21)26(33)27-22-15-19-9-7-8-12-23(19)29(3)25(22)32/h4-12,18,20,22,34H,13-17H2,1-3H3,(H,27,33)(H,28,31)/t20?,22-/m0/s1. The van der Waals surface area contributed by atoms with Crippen LogP contribution in [0.5, 0.6) is 0 Å². The monoisotopic (exact) mass is 498 g/mol. The first-order valence-electron chi connectivity index (χ1n) is 11.8. The van der Waals surface area contributed by atoms with E-state index in [2.05, 4.69) is 19.2 Å². The van der Waals surface area contributed by atoms with Gasteiger partial charge in [-0.1, -0.05) is 50.2 Å². The lowest BCUT2D eigenvalue weighted by Crippen LogP contribution is -2.56. The lowest BCUT2D eigenvalue weighted by atomic mass is 9.97. The Balaban J connectivity index is 1.73. The van der Waals surface area contributed by atoms with Gasteiger partial charge >= 0.3 is 6.03 Å². The molecule has 3 N–H and O–H groups in total. The number of anilines is 1. The number of hydrogen-bond donors (Lipinski definition) is 3. The number of para-hydroxylation sites is 1. The normalized spacial score (nSPS) is 16.0. The van der Waals surface area contributed by atoms with Crippen LogP contribution in [0.25, 0.3) is 0 Å². The van der Waals surface area contributed by atoms with Crippen LogP contribution in [0, 0.1) is 11.8 Å². The Morgan fingerprint density at radius 1 is 1.14 bits per heavy atom. The summed E-state index contributed by atoms with van der Waals surface area (Å²) in [6.45, 7) is 4.69. The second kappa shape index (κ2) is 12.6. The summed E-state index contributed by atoms with van der Waals surface area (Å²) in [6.07, 6.45) is 1.15. The van der Waals surface area contributed by atoms with E-state index in [0.29, 0.717) is 24.6 Å². The zero-order chi connectivity index (χ0) is 25.4. The third kappa shape index (κ3) is 7.22. The van der Waals surface area contributed by atoms with Crippen molar-refractivity contribution in [3.05, 3.63) is 60.2 Å². The van der Waals surface area contributed by atoms with Crippen molar-refractivity contribution in [1.29, 1.82) is 0 Å². The van der Waals surface area contributed by atoms with E-state index >= 15 is 0 Å². The van der Waals surface area contributed by atoms with Gasteiger partial charge in [-0.05, 0) is 36.1 Å². The van der Waals surface area contributed by atoms with Gasteiger partial charge in [0, 0.05) is 42.9 Å². The maximum atomic E-state index is 13.4. The van der Waals surface area contributed by atoms with Gasteiger partial charge in [-0.3, -0.25) is 14.8 Å². The Morgan fingerprint density at radius 3 is 2.51 bits per heavy atom. The third-order valence-electron chi connectivity index (χ3n) is 6.08. The van der Waals surface area contributed by atoms with Crippen molar-refractivity contribution in [3.63, 3.8) is 0 Å². The molecule has 0 aliphatic carbocycles. The Bertz CT molecular complexity index is 1020. The van der Waals surface area contributed by atoms with E-state index in [0.717, 1.165) is 22.6 Å². The fourth-order valence-electron chi connectivity index (χ4n) is 4.00. The number of fused-ring (bicyclic) bond motifs is 1.